The molecule has 0 unspecified atom stereocenters. The van der Waals surface area contributed by atoms with Gasteiger partial charge in [-0.1, -0.05) is 28.9 Å². The van der Waals surface area contributed by atoms with Gasteiger partial charge in [0, 0.05) is 5.56 Å². The van der Waals surface area contributed by atoms with Crippen LogP contribution in [0.3, 0.4) is 0 Å². The summed E-state index contributed by atoms with van der Waals surface area (Å²) < 4.78 is 25.8. The first-order valence-corrected chi connectivity index (χ1v) is 12.2. The molecule has 0 bridgehead atoms. The molecule has 1 aliphatic carbocycles. The van der Waals surface area contributed by atoms with Crippen LogP contribution in [0.2, 0.25) is 5.02 Å². The van der Waals surface area contributed by atoms with Crippen molar-refractivity contribution < 1.29 is 18.0 Å². The minimum atomic E-state index is -3.99. The average Bonchev–Trinajstić information content (AvgIpc) is 3.06. The fraction of sp³-hybridized carbons (Fsp3) is 0.294. The van der Waals surface area contributed by atoms with Crippen LogP contribution in [0.1, 0.15) is 33.6 Å². The molecule has 1 aromatic heterocycles. The van der Waals surface area contributed by atoms with Gasteiger partial charge in [-0.25, -0.2) is 8.42 Å². The van der Waals surface area contributed by atoms with Gasteiger partial charge in [-0.2, -0.15) is 0 Å². The molecule has 1 aromatic carbocycles. The standard InChI is InChI=1S/C17H18ClN3O4S3/c1-25-20-12-8-5-6-10-14(12)17(26-2)27-15(10)16(22)19-21-28(23,24)13-9-4-3-7-11(13)18/h3-4,7,9,21H,5-6,8H2,1-2H3,(H,19,22)/b20-12+. The van der Waals surface area contributed by atoms with Crippen molar-refractivity contribution in [2.24, 2.45) is 5.16 Å². The number of hydrazine groups is 1. The molecule has 0 spiro atoms. The summed E-state index contributed by atoms with van der Waals surface area (Å²) in [5.41, 5.74) is 4.89. The van der Waals surface area contributed by atoms with Crippen molar-refractivity contribution in [3.8, 4) is 0 Å². The first-order chi connectivity index (χ1) is 13.4. The maximum Gasteiger partial charge on any atom is 0.276 e. The van der Waals surface area contributed by atoms with Gasteiger partial charge in [0.05, 0.1) is 19.8 Å². The van der Waals surface area contributed by atoms with Crippen molar-refractivity contribution in [1.29, 1.82) is 0 Å². The summed E-state index contributed by atoms with van der Waals surface area (Å²) >= 11 is 8.78. The number of carbonyl (C=O) groups excluding carboxylic acids is 1. The topological polar surface area (TPSA) is 96.9 Å². The number of thiophene rings is 1. The summed E-state index contributed by atoms with van der Waals surface area (Å²) in [5, 5.41) is 4.17. The molecule has 2 N–H and O–H groups in total. The highest BCUT2D eigenvalue weighted by atomic mass is 35.5. The first kappa shape index (κ1) is 21.1. The quantitative estimate of drug-likeness (QED) is 0.509. The van der Waals surface area contributed by atoms with Gasteiger partial charge in [0.1, 0.15) is 12.0 Å². The maximum atomic E-state index is 12.7. The first-order valence-electron chi connectivity index (χ1n) is 8.25. The van der Waals surface area contributed by atoms with E-state index in [0.29, 0.717) is 4.88 Å². The zero-order chi connectivity index (χ0) is 20.3. The third-order valence-electron chi connectivity index (χ3n) is 4.12. The molecule has 1 heterocycles. The van der Waals surface area contributed by atoms with Gasteiger partial charge in [-0.05, 0) is 43.2 Å². The van der Waals surface area contributed by atoms with Crippen molar-refractivity contribution in [1.82, 2.24) is 10.3 Å². The highest BCUT2D eigenvalue weighted by Crippen LogP contribution is 2.39. The Kier molecular flexibility index (Phi) is 6.66. The summed E-state index contributed by atoms with van der Waals surface area (Å²) in [4.78, 5) is 20.1. The smallest absolute Gasteiger partial charge is 0.276 e. The van der Waals surface area contributed by atoms with Crippen LogP contribution in [0, 0.1) is 0 Å². The van der Waals surface area contributed by atoms with E-state index >= 15 is 0 Å². The van der Waals surface area contributed by atoms with Gasteiger partial charge < -0.3 is 4.84 Å². The van der Waals surface area contributed by atoms with Crippen LogP contribution in [0.5, 0.6) is 0 Å². The molecule has 0 saturated heterocycles. The monoisotopic (exact) mass is 459 g/mol. The molecule has 2 aromatic rings. The van der Waals surface area contributed by atoms with Gasteiger partial charge in [0.25, 0.3) is 15.9 Å². The number of nitrogens with one attached hydrogen (secondary N) is 2. The second-order valence-corrected chi connectivity index (χ2v) is 9.99. The second kappa shape index (κ2) is 8.83. The molecule has 0 atom stereocenters. The van der Waals surface area contributed by atoms with Crippen LogP contribution in [-0.2, 0) is 21.3 Å². The minimum absolute atomic E-state index is 0.0721. The summed E-state index contributed by atoms with van der Waals surface area (Å²) in [6.45, 7) is 0. The Balaban J connectivity index is 1.86. The fourth-order valence-corrected chi connectivity index (χ4v) is 6.33. The van der Waals surface area contributed by atoms with E-state index in [1.165, 1.54) is 42.3 Å². The van der Waals surface area contributed by atoms with Crippen molar-refractivity contribution in [3.05, 3.63) is 45.3 Å². The van der Waals surface area contributed by atoms with E-state index in [1.54, 1.807) is 12.1 Å². The summed E-state index contributed by atoms with van der Waals surface area (Å²) in [6, 6.07) is 6.01. The van der Waals surface area contributed by atoms with E-state index in [1.807, 2.05) is 6.26 Å². The van der Waals surface area contributed by atoms with Crippen LogP contribution in [0.25, 0.3) is 0 Å². The predicted octanol–water partition coefficient (Wildman–Crippen LogP) is 3.43. The molecule has 150 valence electrons. The van der Waals surface area contributed by atoms with Gasteiger partial charge in [-0.3, -0.25) is 10.2 Å². The van der Waals surface area contributed by atoms with Crippen LogP contribution in [0.4, 0.5) is 0 Å². The number of oxime groups is 1. The van der Waals surface area contributed by atoms with E-state index in [4.69, 9.17) is 16.4 Å². The van der Waals surface area contributed by atoms with Crippen LogP contribution >= 0.6 is 34.7 Å². The van der Waals surface area contributed by atoms with Crippen molar-refractivity contribution >= 4 is 56.3 Å². The normalized spacial score (nSPS) is 15.3. The lowest BCUT2D eigenvalue weighted by Gasteiger charge is -2.16. The number of nitrogens with zero attached hydrogens (tertiary/aromatic N) is 1. The number of carbonyl (C=O) groups is 1. The molecule has 3 rings (SSSR count). The number of hydrogen-bond donors (Lipinski definition) is 2. The number of benzene rings is 1. The lowest BCUT2D eigenvalue weighted by molar-refractivity contribution is 0.0948. The van der Waals surface area contributed by atoms with Crippen LogP contribution in [-0.4, -0.2) is 33.4 Å². The third kappa shape index (κ3) is 4.20. The van der Waals surface area contributed by atoms with Crippen LogP contribution < -0.4 is 10.3 Å². The molecule has 0 aliphatic heterocycles. The van der Waals surface area contributed by atoms with E-state index in [-0.39, 0.29) is 9.92 Å². The molecule has 28 heavy (non-hydrogen) atoms. The van der Waals surface area contributed by atoms with Crippen LogP contribution in [0.15, 0.2) is 38.5 Å². The molecule has 1 aliphatic rings. The SMILES string of the molecule is CO/N=C1\CCCc2c(C(=O)NNS(=O)(=O)c3ccccc3Cl)sc(SC)c21. The van der Waals surface area contributed by atoms with Gasteiger partial charge in [0.15, 0.2) is 0 Å². The Morgan fingerprint density at radius 3 is 2.75 bits per heavy atom. The molecular weight excluding hydrogens is 442 g/mol. The van der Waals surface area contributed by atoms with Crippen molar-refractivity contribution in [2.45, 2.75) is 28.4 Å². The summed E-state index contributed by atoms with van der Waals surface area (Å²) in [7, 11) is -2.50. The molecule has 7 nitrogen and oxygen atoms in total. The van der Waals surface area contributed by atoms with Crippen molar-refractivity contribution in [2.75, 3.05) is 13.4 Å². The predicted molar refractivity (Wildman–Crippen MR) is 112 cm³/mol. The Morgan fingerprint density at radius 2 is 2.07 bits per heavy atom. The highest BCUT2D eigenvalue weighted by Gasteiger charge is 2.29. The summed E-state index contributed by atoms with van der Waals surface area (Å²) in [6.07, 6.45) is 4.25. The lowest BCUT2D eigenvalue weighted by Crippen LogP contribution is -2.41. The number of amides is 1. The number of sulfonamides is 1. The zero-order valence-electron chi connectivity index (χ0n) is 15.1. The van der Waals surface area contributed by atoms with E-state index in [0.717, 1.165) is 40.3 Å². The fourth-order valence-electron chi connectivity index (χ4n) is 2.95. The van der Waals surface area contributed by atoms with Crippen molar-refractivity contribution in [3.63, 3.8) is 0 Å². The second-order valence-electron chi connectivity index (χ2n) is 5.84. The largest absolute Gasteiger partial charge is 0.399 e. The van der Waals surface area contributed by atoms with E-state index in [2.05, 4.69) is 15.4 Å². The third-order valence-corrected chi connectivity index (χ3v) is 8.22. The van der Waals surface area contributed by atoms with E-state index in [9.17, 15) is 13.2 Å². The number of thioether (sulfide) groups is 1. The van der Waals surface area contributed by atoms with E-state index < -0.39 is 15.9 Å². The van der Waals surface area contributed by atoms with Gasteiger partial charge in [-0.15, -0.1) is 27.9 Å². The molecule has 0 fully saturated rings. The number of rotatable bonds is 6. The summed E-state index contributed by atoms with van der Waals surface area (Å²) in [5.74, 6) is -0.518. The minimum Gasteiger partial charge on any atom is -0.399 e. The Morgan fingerprint density at radius 1 is 1.32 bits per heavy atom. The highest BCUT2D eigenvalue weighted by molar-refractivity contribution is 8.00. The average molecular weight is 460 g/mol. The molecule has 11 heteroatoms. The molecule has 0 saturated carbocycles. The Labute approximate surface area is 176 Å². The lowest BCUT2D eigenvalue weighted by atomic mass is 9.92. The Bertz CT molecular complexity index is 1030. The Hall–Kier alpha value is -1.59. The molecule has 1 amide bonds. The number of hydrogen-bond acceptors (Lipinski definition) is 7. The molecule has 0 radical (unpaired) electrons. The number of fused-ring (bicyclic) bond motifs is 1. The number of halogens is 1. The maximum absolute atomic E-state index is 12.7. The molecular formula is C17H18ClN3O4S3. The zero-order valence-corrected chi connectivity index (χ0v) is 18.3. The van der Waals surface area contributed by atoms with Gasteiger partial charge in [0.2, 0.25) is 0 Å². The van der Waals surface area contributed by atoms with Gasteiger partial charge >= 0.3 is 0 Å².